The molecule has 1 aromatic carbocycles. The van der Waals surface area contributed by atoms with Crippen LogP contribution >= 0.6 is 11.3 Å². The monoisotopic (exact) mass is 555 g/mol. The minimum Gasteiger partial charge on any atom is -0.511 e. The number of hydrogen-bond donors (Lipinski definition) is 2. The maximum Gasteiger partial charge on any atom is 0.287 e. The summed E-state index contributed by atoms with van der Waals surface area (Å²) in [6, 6.07) is 5.35. The van der Waals surface area contributed by atoms with E-state index < -0.39 is 31.6 Å². The van der Waals surface area contributed by atoms with Crippen LogP contribution in [-0.2, 0) is 37.6 Å². The van der Waals surface area contributed by atoms with Gasteiger partial charge in [-0.25, -0.2) is 12.8 Å². The number of amides is 1. The lowest BCUT2D eigenvalue weighted by Crippen LogP contribution is -2.49. The summed E-state index contributed by atoms with van der Waals surface area (Å²) in [5, 5.41) is 15.4. The lowest BCUT2D eigenvalue weighted by atomic mass is 9.90. The van der Waals surface area contributed by atoms with Gasteiger partial charge in [-0.3, -0.25) is 4.79 Å². The normalized spacial score (nSPS) is 19.8. The van der Waals surface area contributed by atoms with E-state index in [2.05, 4.69) is 9.71 Å². The number of nitrogens with zero attached hydrogens (tertiary/aromatic N) is 2. The fourth-order valence-corrected chi connectivity index (χ4v) is 7.52. The highest BCUT2D eigenvalue weighted by Crippen LogP contribution is 2.39. The molecule has 0 fully saturated rings. The molecule has 0 bridgehead atoms. The number of aliphatic hydroxyl groups is 1. The summed E-state index contributed by atoms with van der Waals surface area (Å²) in [5.41, 5.74) is 0.759. The molecule has 0 aliphatic carbocycles. The van der Waals surface area contributed by atoms with E-state index in [1.54, 1.807) is 17.5 Å². The first-order valence-corrected chi connectivity index (χ1v) is 15.5. The molecule has 1 aromatic heterocycles. The Kier molecular flexibility index (Phi) is 7.01. The Bertz CT molecular complexity index is 1480. The molecule has 9 nitrogen and oxygen atoms in total. The quantitative estimate of drug-likeness (QED) is 0.536. The molecule has 1 unspecified atom stereocenters. The Morgan fingerprint density at radius 3 is 2.56 bits per heavy atom. The lowest BCUT2D eigenvalue weighted by molar-refractivity contribution is -0.132. The van der Waals surface area contributed by atoms with Gasteiger partial charge in [-0.2, -0.15) is 8.42 Å². The fraction of sp³-hybridized carbons (Fsp3) is 0.391. The molecule has 1 amide bonds. The van der Waals surface area contributed by atoms with E-state index in [4.69, 9.17) is 0 Å². The number of fused-ring (bicyclic) bond motifs is 1. The Labute approximate surface area is 213 Å². The Hall–Kier alpha value is -2.77. The third kappa shape index (κ3) is 5.32. The second kappa shape index (κ2) is 9.60. The molecule has 0 radical (unpaired) electrons. The zero-order valence-electron chi connectivity index (χ0n) is 19.9. The highest BCUT2D eigenvalue weighted by molar-refractivity contribution is 7.91. The number of aliphatic hydroxyl groups excluding tert-OH is 1. The van der Waals surface area contributed by atoms with Gasteiger partial charge in [-0.15, -0.1) is 15.7 Å². The van der Waals surface area contributed by atoms with Crippen LogP contribution < -0.4 is 5.32 Å². The number of aryl methyl sites for hydroxylation is 1. The number of amidine groups is 1. The number of nitrogens with one attached hydrogen (secondary N) is 1. The summed E-state index contributed by atoms with van der Waals surface area (Å²) in [7, 11) is -7.58. The van der Waals surface area contributed by atoms with Gasteiger partial charge in [-0.05, 0) is 41.0 Å². The largest absolute Gasteiger partial charge is 0.511 e. The number of thiophene rings is 1. The first-order chi connectivity index (χ1) is 16.8. The predicted octanol–water partition coefficient (Wildman–Crippen LogP) is 3.26. The van der Waals surface area contributed by atoms with Crippen LogP contribution in [0.5, 0.6) is 0 Å². The van der Waals surface area contributed by atoms with E-state index in [0.29, 0.717) is 11.1 Å². The van der Waals surface area contributed by atoms with Gasteiger partial charge in [0.15, 0.2) is 5.84 Å². The number of hydrogen-bond acceptors (Lipinski definition) is 8. The molecule has 2 aliphatic rings. The Morgan fingerprint density at radius 1 is 1.28 bits per heavy atom. The van der Waals surface area contributed by atoms with E-state index >= 15 is 0 Å². The van der Waals surface area contributed by atoms with Gasteiger partial charge < -0.3 is 15.3 Å². The Balaban J connectivity index is 1.69. The number of carbonyl (C=O) groups is 1. The molecule has 1 atom stereocenters. The van der Waals surface area contributed by atoms with Crippen molar-refractivity contribution in [3.8, 4) is 0 Å². The molecule has 36 heavy (non-hydrogen) atoms. The fourth-order valence-electron chi connectivity index (χ4n) is 4.26. The van der Waals surface area contributed by atoms with Crippen LogP contribution in [0.1, 0.15) is 31.4 Å². The maximum absolute atomic E-state index is 13.6. The van der Waals surface area contributed by atoms with Gasteiger partial charge in [0.25, 0.3) is 15.9 Å². The molecule has 2 N–H and O–H groups in total. The summed E-state index contributed by atoms with van der Waals surface area (Å²) in [6.07, 6.45) is 1.17. The molecule has 194 valence electrons. The van der Waals surface area contributed by atoms with E-state index in [1.807, 2.05) is 13.8 Å². The SMILES string of the molecule is CC(C)C1CC(O)=C(C2=NS(=O)(=O)c3c(CCS(C)(=O)=O)csc3N2)C(=O)N1Cc1ccc(F)cc1. The number of halogens is 1. The smallest absolute Gasteiger partial charge is 0.287 e. The maximum atomic E-state index is 13.6. The van der Waals surface area contributed by atoms with E-state index in [-0.39, 0.29) is 64.2 Å². The summed E-state index contributed by atoms with van der Waals surface area (Å²) in [6.45, 7) is 3.95. The van der Waals surface area contributed by atoms with Crippen molar-refractivity contribution in [2.45, 2.75) is 44.2 Å². The van der Waals surface area contributed by atoms with Crippen molar-refractivity contribution in [2.75, 3.05) is 17.3 Å². The Morgan fingerprint density at radius 2 is 1.94 bits per heavy atom. The first-order valence-electron chi connectivity index (χ1n) is 11.1. The van der Waals surface area contributed by atoms with Gasteiger partial charge in [0.2, 0.25) is 0 Å². The number of carbonyl (C=O) groups excluding carboxylic acids is 1. The number of benzene rings is 1. The molecular weight excluding hydrogens is 529 g/mol. The molecule has 2 aromatic rings. The van der Waals surface area contributed by atoms with Crippen LogP contribution in [0.2, 0.25) is 0 Å². The van der Waals surface area contributed by atoms with Gasteiger partial charge >= 0.3 is 0 Å². The number of anilines is 1. The average molecular weight is 556 g/mol. The number of sulfonamides is 1. The van der Waals surface area contributed by atoms with Crippen LogP contribution in [0.4, 0.5) is 9.39 Å². The summed E-state index contributed by atoms with van der Waals surface area (Å²) < 4.78 is 66.5. The van der Waals surface area contributed by atoms with Crippen LogP contribution in [0.25, 0.3) is 0 Å². The number of sulfone groups is 1. The molecule has 0 saturated heterocycles. The van der Waals surface area contributed by atoms with Crippen molar-refractivity contribution >= 4 is 47.9 Å². The van der Waals surface area contributed by atoms with E-state index in [1.165, 1.54) is 17.0 Å². The van der Waals surface area contributed by atoms with Gasteiger partial charge in [0, 0.05) is 25.3 Å². The van der Waals surface area contributed by atoms with Crippen LogP contribution in [0.3, 0.4) is 0 Å². The summed E-state index contributed by atoms with van der Waals surface area (Å²) in [4.78, 5) is 15.0. The van der Waals surface area contributed by atoms with Crippen molar-refractivity contribution in [1.82, 2.24) is 4.90 Å². The highest BCUT2D eigenvalue weighted by atomic mass is 32.2. The average Bonchev–Trinajstić information content (AvgIpc) is 3.19. The minimum atomic E-state index is -4.27. The lowest BCUT2D eigenvalue weighted by Gasteiger charge is -2.39. The highest BCUT2D eigenvalue weighted by Gasteiger charge is 2.41. The second-order valence-corrected chi connectivity index (χ2v) is 13.9. The summed E-state index contributed by atoms with van der Waals surface area (Å²) in [5.74, 6) is -1.80. The third-order valence-electron chi connectivity index (χ3n) is 6.10. The van der Waals surface area contributed by atoms with E-state index in [9.17, 15) is 31.1 Å². The number of rotatable bonds is 7. The van der Waals surface area contributed by atoms with Crippen LogP contribution in [0.15, 0.2) is 50.3 Å². The summed E-state index contributed by atoms with van der Waals surface area (Å²) >= 11 is 1.05. The third-order valence-corrected chi connectivity index (χ3v) is 9.52. The van der Waals surface area contributed by atoms with Crippen LogP contribution in [0, 0.1) is 11.7 Å². The first kappa shape index (κ1) is 26.3. The topological polar surface area (TPSA) is 133 Å². The van der Waals surface area contributed by atoms with Crippen molar-refractivity contribution in [3.63, 3.8) is 0 Å². The van der Waals surface area contributed by atoms with Crippen molar-refractivity contribution in [2.24, 2.45) is 10.3 Å². The second-order valence-electron chi connectivity index (χ2n) is 9.24. The standard InChI is InChI=1S/C23H26FN3O6S3/c1-13(2)17-10-18(28)19(23(29)27(17)11-14-4-6-16(24)7-5-14)21-25-22-20(36(32,33)26-21)15(12-34-22)8-9-35(3,30)31/h4-7,12-13,17,28H,8-11H2,1-3H3,(H,25,26). The van der Waals surface area contributed by atoms with Gasteiger partial charge in [0.1, 0.15) is 36.9 Å². The molecule has 3 heterocycles. The minimum absolute atomic E-state index is 0.00478. The zero-order chi connectivity index (χ0) is 26.4. The van der Waals surface area contributed by atoms with Crippen molar-refractivity contribution in [3.05, 3.63) is 57.9 Å². The molecule has 2 aliphatic heterocycles. The van der Waals surface area contributed by atoms with Crippen molar-refractivity contribution < 1.29 is 31.1 Å². The molecular formula is C23H26FN3O6S3. The predicted molar refractivity (Wildman–Crippen MR) is 136 cm³/mol. The van der Waals surface area contributed by atoms with Gasteiger partial charge in [0.05, 0.1) is 5.75 Å². The van der Waals surface area contributed by atoms with Crippen molar-refractivity contribution in [1.29, 1.82) is 0 Å². The molecule has 0 saturated carbocycles. The molecule has 4 rings (SSSR count). The van der Waals surface area contributed by atoms with E-state index in [0.717, 1.165) is 17.6 Å². The zero-order valence-corrected chi connectivity index (χ0v) is 22.3. The molecule has 13 heteroatoms. The van der Waals surface area contributed by atoms with Gasteiger partial charge in [-0.1, -0.05) is 26.0 Å². The molecule has 0 spiro atoms. The van der Waals surface area contributed by atoms with Crippen LogP contribution in [-0.4, -0.2) is 56.6 Å².